The van der Waals surface area contributed by atoms with Gasteiger partial charge in [0.25, 0.3) is 0 Å². The molecule has 0 radical (unpaired) electrons. The van der Waals surface area contributed by atoms with Crippen LogP contribution in [0.3, 0.4) is 0 Å². The minimum Gasteiger partial charge on any atom is -0.454 e. The zero-order valence-corrected chi connectivity index (χ0v) is 10.6. The van der Waals surface area contributed by atoms with Crippen molar-refractivity contribution in [3.05, 3.63) is 23.8 Å². The number of aryl methyl sites for hydroxylation is 1. The van der Waals surface area contributed by atoms with Crippen molar-refractivity contribution in [3.8, 4) is 11.5 Å². The lowest BCUT2D eigenvalue weighted by atomic mass is 9.83. The van der Waals surface area contributed by atoms with Gasteiger partial charge in [0.2, 0.25) is 6.79 Å². The van der Waals surface area contributed by atoms with Crippen molar-refractivity contribution < 1.29 is 23.8 Å². The zero-order chi connectivity index (χ0) is 13.5. The van der Waals surface area contributed by atoms with E-state index in [1.807, 2.05) is 18.2 Å². The van der Waals surface area contributed by atoms with Gasteiger partial charge in [0.15, 0.2) is 11.5 Å². The summed E-state index contributed by atoms with van der Waals surface area (Å²) in [6.07, 6.45) is 1.43. The van der Waals surface area contributed by atoms with Gasteiger partial charge in [0, 0.05) is 0 Å². The number of cyclic esters (lactones) is 2. The maximum Gasteiger partial charge on any atom is 0.320 e. The fraction of sp³-hybridized carbons (Fsp3) is 0.429. The van der Waals surface area contributed by atoms with Crippen LogP contribution in [-0.4, -0.2) is 18.7 Å². The zero-order valence-electron chi connectivity index (χ0n) is 10.6. The van der Waals surface area contributed by atoms with Gasteiger partial charge in [-0.2, -0.15) is 0 Å². The fourth-order valence-electron chi connectivity index (χ4n) is 2.36. The quantitative estimate of drug-likeness (QED) is 0.614. The Morgan fingerprint density at radius 3 is 2.74 bits per heavy atom. The normalized spacial score (nSPS) is 24.7. The molecule has 1 fully saturated rings. The summed E-state index contributed by atoms with van der Waals surface area (Å²) in [5.74, 6) is 0.620. The first kappa shape index (κ1) is 12.0. The molecule has 0 amide bonds. The second-order valence-corrected chi connectivity index (χ2v) is 5.19. The molecule has 0 N–H and O–H groups in total. The van der Waals surface area contributed by atoms with E-state index in [-0.39, 0.29) is 13.2 Å². The molecule has 0 aromatic heterocycles. The number of ether oxygens (including phenoxy) is 3. The number of carbonyl (C=O) groups excluding carboxylic acids is 2. The molecule has 0 bridgehead atoms. The highest BCUT2D eigenvalue weighted by Crippen LogP contribution is 2.37. The predicted octanol–water partition coefficient (Wildman–Crippen LogP) is 1.83. The van der Waals surface area contributed by atoms with E-state index >= 15 is 0 Å². The van der Waals surface area contributed by atoms with Crippen LogP contribution < -0.4 is 9.47 Å². The third kappa shape index (κ3) is 2.16. The van der Waals surface area contributed by atoms with E-state index in [0.717, 1.165) is 17.1 Å². The Morgan fingerprint density at radius 2 is 2.00 bits per heavy atom. The van der Waals surface area contributed by atoms with Crippen LogP contribution in [0.2, 0.25) is 0 Å². The molecular weight excluding hydrogens is 248 g/mol. The molecule has 0 saturated carbocycles. The number of carbonyl (C=O) groups is 2. The first-order chi connectivity index (χ1) is 9.07. The summed E-state index contributed by atoms with van der Waals surface area (Å²) < 4.78 is 15.2. The molecule has 1 unspecified atom stereocenters. The van der Waals surface area contributed by atoms with Crippen molar-refractivity contribution in [1.29, 1.82) is 0 Å². The number of hydrogen-bond donors (Lipinski definition) is 0. The summed E-state index contributed by atoms with van der Waals surface area (Å²) in [6.45, 7) is 2.02. The maximum absolute atomic E-state index is 11.6. The largest absolute Gasteiger partial charge is 0.454 e. The Balaban J connectivity index is 1.69. The first-order valence-corrected chi connectivity index (χ1v) is 6.20. The molecule has 2 aliphatic rings. The first-order valence-electron chi connectivity index (χ1n) is 6.20. The van der Waals surface area contributed by atoms with E-state index < -0.39 is 17.4 Å². The average molecular weight is 262 g/mol. The number of hydrogen-bond acceptors (Lipinski definition) is 5. The molecule has 5 heteroatoms. The van der Waals surface area contributed by atoms with Gasteiger partial charge in [0.1, 0.15) is 0 Å². The molecule has 1 aromatic rings. The van der Waals surface area contributed by atoms with Gasteiger partial charge in [-0.3, -0.25) is 9.59 Å². The highest BCUT2D eigenvalue weighted by atomic mass is 16.7. The molecule has 5 nitrogen and oxygen atoms in total. The fourth-order valence-corrected chi connectivity index (χ4v) is 2.36. The third-order valence-corrected chi connectivity index (χ3v) is 3.64. The highest BCUT2D eigenvalue weighted by molar-refractivity contribution is 5.97. The van der Waals surface area contributed by atoms with Gasteiger partial charge in [-0.15, -0.1) is 0 Å². The molecule has 100 valence electrons. The number of fused-ring (bicyclic) bond motifs is 1. The van der Waals surface area contributed by atoms with Crippen LogP contribution in [0.4, 0.5) is 0 Å². The highest BCUT2D eigenvalue weighted by Gasteiger charge is 2.44. The molecule has 3 rings (SSSR count). The molecular formula is C14H14O5. The molecule has 0 aliphatic carbocycles. The van der Waals surface area contributed by atoms with Crippen molar-refractivity contribution in [3.63, 3.8) is 0 Å². The average Bonchev–Trinajstić information content (AvgIpc) is 2.92. The van der Waals surface area contributed by atoms with Crippen LogP contribution >= 0.6 is 0 Å². The molecule has 1 aromatic carbocycles. The van der Waals surface area contributed by atoms with Gasteiger partial charge in [-0.05, 0) is 37.5 Å². The van der Waals surface area contributed by atoms with E-state index in [1.165, 1.54) is 0 Å². The third-order valence-electron chi connectivity index (χ3n) is 3.64. The van der Waals surface area contributed by atoms with E-state index in [2.05, 4.69) is 4.74 Å². The summed E-state index contributed by atoms with van der Waals surface area (Å²) in [6, 6.07) is 5.71. The molecule has 0 spiro atoms. The Labute approximate surface area is 110 Å². The maximum atomic E-state index is 11.6. The Kier molecular flexibility index (Phi) is 2.69. The minimum atomic E-state index is -0.701. The van der Waals surface area contributed by atoms with Crippen LogP contribution in [0.5, 0.6) is 11.5 Å². The number of benzene rings is 1. The van der Waals surface area contributed by atoms with E-state index in [9.17, 15) is 9.59 Å². The van der Waals surface area contributed by atoms with Crippen molar-refractivity contribution in [2.75, 3.05) is 6.79 Å². The van der Waals surface area contributed by atoms with Gasteiger partial charge < -0.3 is 14.2 Å². The van der Waals surface area contributed by atoms with Crippen molar-refractivity contribution in [1.82, 2.24) is 0 Å². The second-order valence-electron chi connectivity index (χ2n) is 5.19. The summed E-state index contributed by atoms with van der Waals surface area (Å²) in [5, 5.41) is 0. The number of rotatable bonds is 3. The molecule has 2 heterocycles. The Bertz CT molecular complexity index is 551. The standard InChI is InChI=1S/C14H14O5/c1-14(7-12(15)19-13(14)16)5-4-9-2-3-10-11(6-9)18-8-17-10/h2-3,6H,4-5,7-8H2,1H3. The van der Waals surface area contributed by atoms with Gasteiger partial charge in [0.05, 0.1) is 11.8 Å². The SMILES string of the molecule is CC1(CCc2ccc3c(c2)OCO3)CC(=O)OC1=O. The lowest BCUT2D eigenvalue weighted by Gasteiger charge is -2.17. The summed E-state index contributed by atoms with van der Waals surface area (Å²) >= 11 is 0. The van der Waals surface area contributed by atoms with E-state index in [0.29, 0.717) is 12.8 Å². The monoisotopic (exact) mass is 262 g/mol. The minimum absolute atomic E-state index is 0.163. The van der Waals surface area contributed by atoms with Crippen molar-refractivity contribution in [2.24, 2.45) is 5.41 Å². The Hall–Kier alpha value is -2.04. The lowest BCUT2D eigenvalue weighted by molar-refractivity contribution is -0.155. The van der Waals surface area contributed by atoms with Crippen LogP contribution in [0.25, 0.3) is 0 Å². The van der Waals surface area contributed by atoms with E-state index in [1.54, 1.807) is 6.92 Å². The van der Waals surface area contributed by atoms with Crippen molar-refractivity contribution in [2.45, 2.75) is 26.2 Å². The van der Waals surface area contributed by atoms with Crippen LogP contribution in [0.15, 0.2) is 18.2 Å². The summed E-state index contributed by atoms with van der Waals surface area (Å²) in [4.78, 5) is 22.8. The van der Waals surface area contributed by atoms with Crippen molar-refractivity contribution >= 4 is 11.9 Å². The van der Waals surface area contributed by atoms with Crippen LogP contribution in [-0.2, 0) is 20.7 Å². The lowest BCUT2D eigenvalue weighted by Crippen LogP contribution is -2.23. The topological polar surface area (TPSA) is 61.8 Å². The molecule has 19 heavy (non-hydrogen) atoms. The smallest absolute Gasteiger partial charge is 0.320 e. The molecule has 2 aliphatic heterocycles. The van der Waals surface area contributed by atoms with Gasteiger partial charge in [-0.1, -0.05) is 6.07 Å². The van der Waals surface area contributed by atoms with Crippen LogP contribution in [0, 0.1) is 5.41 Å². The predicted molar refractivity (Wildman–Crippen MR) is 64.7 cm³/mol. The van der Waals surface area contributed by atoms with Crippen LogP contribution in [0.1, 0.15) is 25.3 Å². The molecule has 1 atom stereocenters. The van der Waals surface area contributed by atoms with E-state index in [4.69, 9.17) is 9.47 Å². The number of esters is 2. The van der Waals surface area contributed by atoms with Gasteiger partial charge >= 0.3 is 11.9 Å². The molecule has 1 saturated heterocycles. The second kappa shape index (κ2) is 4.26. The summed E-state index contributed by atoms with van der Waals surface area (Å²) in [7, 11) is 0. The van der Waals surface area contributed by atoms with Gasteiger partial charge in [-0.25, -0.2) is 0 Å². The Morgan fingerprint density at radius 1 is 1.21 bits per heavy atom. The summed E-state index contributed by atoms with van der Waals surface area (Å²) in [5.41, 5.74) is 0.352.